The van der Waals surface area contributed by atoms with Gasteiger partial charge in [-0.15, -0.1) is 0 Å². The van der Waals surface area contributed by atoms with Crippen LogP contribution in [-0.2, 0) is 20.4 Å². The molecule has 4 aromatic rings. The molecular formula is C48H59F3N2O2. The van der Waals surface area contributed by atoms with Crippen molar-refractivity contribution >= 4 is 11.6 Å². The zero-order valence-corrected chi connectivity index (χ0v) is 33.2. The summed E-state index contributed by atoms with van der Waals surface area (Å²) in [6.07, 6.45) is 9.46. The number of piperidine rings is 2. The Labute approximate surface area is 327 Å². The average molecular weight is 753 g/mol. The van der Waals surface area contributed by atoms with Gasteiger partial charge in [0.1, 0.15) is 29.0 Å². The molecule has 7 heteroatoms. The van der Waals surface area contributed by atoms with Crippen LogP contribution >= 0.6 is 0 Å². The van der Waals surface area contributed by atoms with Crippen molar-refractivity contribution in [3.63, 3.8) is 0 Å². The molecule has 2 heterocycles. The van der Waals surface area contributed by atoms with Crippen LogP contribution in [0, 0.1) is 17.5 Å². The zero-order chi connectivity index (χ0) is 39.4. The molecule has 0 amide bonds. The molecule has 4 aromatic carbocycles. The van der Waals surface area contributed by atoms with Gasteiger partial charge >= 0.3 is 0 Å². The van der Waals surface area contributed by atoms with Crippen molar-refractivity contribution in [3.8, 4) is 0 Å². The standard InChI is InChI=1S/C24H29F2NO.C24H30FNO/c1-3-23(28)24(19-7-11-21(25)12-8-19,20-9-13-22(26)14-10-20)17-18(2)27-15-5-4-6-16-27;1-3-23(27)24(20-10-6-4-7-11-20,21-12-14-22(25)15-13-21)18-19(2)26-16-8-5-9-17-26/h7-14,18H,3-6,15-17H2,1-2H3;4,6-7,10-15,19H,3,5,8-9,16-18H2,1-2H3. The van der Waals surface area contributed by atoms with E-state index >= 15 is 0 Å². The molecule has 2 fully saturated rings. The maximum atomic E-state index is 13.6. The Bertz CT molecular complexity index is 1740. The summed E-state index contributed by atoms with van der Waals surface area (Å²) in [7, 11) is 0. The van der Waals surface area contributed by atoms with E-state index in [-0.39, 0.29) is 41.1 Å². The lowest BCUT2D eigenvalue weighted by molar-refractivity contribution is -0.124. The first-order chi connectivity index (χ1) is 26.5. The first-order valence-corrected chi connectivity index (χ1v) is 20.4. The summed E-state index contributed by atoms with van der Waals surface area (Å²) in [5.41, 5.74) is 1.80. The quantitative estimate of drug-likeness (QED) is 0.129. The van der Waals surface area contributed by atoms with Crippen LogP contribution in [0.5, 0.6) is 0 Å². The van der Waals surface area contributed by atoms with E-state index in [2.05, 4.69) is 23.6 Å². The van der Waals surface area contributed by atoms with E-state index in [0.717, 1.165) is 54.9 Å². The third kappa shape index (κ3) is 9.85. The van der Waals surface area contributed by atoms with Crippen LogP contribution in [0.15, 0.2) is 103 Å². The van der Waals surface area contributed by atoms with Gasteiger partial charge in [-0.3, -0.25) is 9.59 Å². The highest BCUT2D eigenvalue weighted by Crippen LogP contribution is 2.42. The summed E-state index contributed by atoms with van der Waals surface area (Å²) < 4.78 is 40.9. The molecule has 0 radical (unpaired) electrons. The van der Waals surface area contributed by atoms with Crippen molar-refractivity contribution in [2.45, 2.75) is 115 Å². The molecule has 0 saturated carbocycles. The fourth-order valence-electron chi connectivity index (χ4n) is 9.07. The number of likely N-dealkylation sites (tertiary alicyclic amines) is 2. The van der Waals surface area contributed by atoms with Crippen molar-refractivity contribution in [1.82, 2.24) is 9.80 Å². The van der Waals surface area contributed by atoms with Crippen LogP contribution in [-0.4, -0.2) is 59.6 Å². The largest absolute Gasteiger partial charge is 0.301 e. The second-order valence-corrected chi connectivity index (χ2v) is 15.6. The Hall–Kier alpha value is -4.07. The highest BCUT2D eigenvalue weighted by molar-refractivity contribution is 5.94. The maximum absolute atomic E-state index is 13.6. The molecule has 2 saturated heterocycles. The molecule has 3 atom stereocenters. The molecule has 4 nitrogen and oxygen atoms in total. The molecule has 0 spiro atoms. The van der Waals surface area contributed by atoms with Gasteiger partial charge in [0.05, 0.1) is 10.8 Å². The Kier molecular flexibility index (Phi) is 15.1. The Morgan fingerprint density at radius 1 is 0.491 bits per heavy atom. The fourth-order valence-corrected chi connectivity index (χ4v) is 9.07. The molecule has 294 valence electrons. The molecule has 6 rings (SSSR count). The van der Waals surface area contributed by atoms with Crippen molar-refractivity contribution in [2.24, 2.45) is 0 Å². The van der Waals surface area contributed by atoms with Gasteiger partial charge in [0.2, 0.25) is 0 Å². The van der Waals surface area contributed by atoms with Gasteiger partial charge in [0.25, 0.3) is 0 Å². The lowest BCUT2D eigenvalue weighted by Crippen LogP contribution is -2.46. The average Bonchev–Trinajstić information content (AvgIpc) is 3.23. The van der Waals surface area contributed by atoms with Crippen LogP contribution in [0.1, 0.15) is 114 Å². The zero-order valence-electron chi connectivity index (χ0n) is 33.2. The van der Waals surface area contributed by atoms with E-state index in [1.807, 2.05) is 44.2 Å². The normalized spacial score (nSPS) is 17.7. The summed E-state index contributed by atoms with van der Waals surface area (Å²) in [5, 5.41) is 0. The number of hydrogen-bond acceptors (Lipinski definition) is 4. The lowest BCUT2D eigenvalue weighted by Gasteiger charge is -2.40. The molecule has 55 heavy (non-hydrogen) atoms. The maximum Gasteiger partial charge on any atom is 0.147 e. The summed E-state index contributed by atoms with van der Waals surface area (Å²) in [4.78, 5) is 31.8. The number of hydrogen-bond donors (Lipinski definition) is 0. The van der Waals surface area contributed by atoms with Crippen molar-refractivity contribution in [1.29, 1.82) is 0 Å². The topological polar surface area (TPSA) is 40.6 Å². The second kappa shape index (κ2) is 19.7. The van der Waals surface area contributed by atoms with Gasteiger partial charge in [0, 0.05) is 24.9 Å². The van der Waals surface area contributed by atoms with E-state index in [1.54, 1.807) is 36.4 Å². The minimum Gasteiger partial charge on any atom is -0.301 e. The number of Topliss-reactive ketones (excluding diaryl/α,β-unsaturated/α-hetero) is 2. The minimum absolute atomic E-state index is 0.0783. The molecule has 2 aliphatic rings. The predicted molar refractivity (Wildman–Crippen MR) is 217 cm³/mol. The number of halogens is 3. The molecule has 0 N–H and O–H groups in total. The molecule has 0 aliphatic carbocycles. The van der Waals surface area contributed by atoms with E-state index in [4.69, 9.17) is 0 Å². The van der Waals surface area contributed by atoms with Gasteiger partial charge in [-0.1, -0.05) is 93.4 Å². The van der Waals surface area contributed by atoms with Gasteiger partial charge in [-0.05, 0) is 137 Å². The first-order valence-electron chi connectivity index (χ1n) is 20.4. The number of ketones is 2. The van der Waals surface area contributed by atoms with E-state index < -0.39 is 10.8 Å². The number of rotatable bonds is 14. The van der Waals surface area contributed by atoms with Crippen LogP contribution in [0.3, 0.4) is 0 Å². The molecular weight excluding hydrogens is 694 g/mol. The second-order valence-electron chi connectivity index (χ2n) is 15.6. The van der Waals surface area contributed by atoms with Crippen LogP contribution in [0.2, 0.25) is 0 Å². The van der Waals surface area contributed by atoms with Gasteiger partial charge in [-0.2, -0.15) is 0 Å². The summed E-state index contributed by atoms with van der Waals surface area (Å²) in [6, 6.07) is 29.5. The lowest BCUT2D eigenvalue weighted by atomic mass is 9.66. The van der Waals surface area contributed by atoms with Crippen LogP contribution in [0.4, 0.5) is 13.2 Å². The van der Waals surface area contributed by atoms with Crippen LogP contribution in [0.25, 0.3) is 0 Å². The van der Waals surface area contributed by atoms with Crippen LogP contribution < -0.4 is 0 Å². The number of nitrogens with zero attached hydrogens (tertiary/aromatic N) is 2. The molecule has 3 unspecified atom stereocenters. The minimum atomic E-state index is -0.910. The molecule has 2 aliphatic heterocycles. The van der Waals surface area contributed by atoms with Crippen molar-refractivity contribution in [2.75, 3.05) is 26.2 Å². The predicted octanol–water partition coefficient (Wildman–Crippen LogP) is 10.8. The third-order valence-electron chi connectivity index (χ3n) is 12.1. The van der Waals surface area contributed by atoms with E-state index in [1.165, 1.54) is 74.9 Å². The molecule has 0 aromatic heterocycles. The van der Waals surface area contributed by atoms with Gasteiger partial charge < -0.3 is 9.80 Å². The van der Waals surface area contributed by atoms with Gasteiger partial charge in [-0.25, -0.2) is 13.2 Å². The number of carbonyl (C=O) groups excluding carboxylic acids is 2. The fraction of sp³-hybridized carbons (Fsp3) is 0.458. The monoisotopic (exact) mass is 752 g/mol. The van der Waals surface area contributed by atoms with E-state index in [9.17, 15) is 22.8 Å². The summed E-state index contributed by atoms with van der Waals surface area (Å²) in [6.45, 7) is 12.4. The molecule has 0 bridgehead atoms. The van der Waals surface area contributed by atoms with E-state index in [0.29, 0.717) is 19.3 Å². The van der Waals surface area contributed by atoms with Crippen molar-refractivity contribution in [3.05, 3.63) is 143 Å². The Balaban J connectivity index is 0.000000211. The first kappa shape index (κ1) is 42.1. The SMILES string of the molecule is CCC(=O)C(CC(C)N1CCCCC1)(c1ccc(F)cc1)c1ccc(F)cc1.CCC(=O)C(CC(C)N1CCCCC1)(c1ccccc1)c1ccc(F)cc1. The Morgan fingerprint density at radius 3 is 1.07 bits per heavy atom. The highest BCUT2D eigenvalue weighted by atomic mass is 19.1. The van der Waals surface area contributed by atoms with Gasteiger partial charge in [0.15, 0.2) is 0 Å². The highest BCUT2D eigenvalue weighted by Gasteiger charge is 2.44. The third-order valence-corrected chi connectivity index (χ3v) is 12.1. The smallest absolute Gasteiger partial charge is 0.147 e. The number of carbonyl (C=O) groups is 2. The van der Waals surface area contributed by atoms with Crippen molar-refractivity contribution < 1.29 is 22.8 Å². The summed E-state index contributed by atoms with van der Waals surface area (Å²) >= 11 is 0. The summed E-state index contributed by atoms with van der Waals surface area (Å²) in [5.74, 6) is -0.651. The number of benzene rings is 4. The Morgan fingerprint density at radius 2 is 0.782 bits per heavy atom.